The van der Waals surface area contributed by atoms with E-state index in [1.54, 1.807) is 0 Å². The molecule has 0 spiro atoms. The van der Waals surface area contributed by atoms with Gasteiger partial charge < -0.3 is 4.57 Å². The van der Waals surface area contributed by atoms with Gasteiger partial charge in [-0.1, -0.05) is 18.2 Å². The normalized spacial score (nSPS) is 12.6. The van der Waals surface area contributed by atoms with Gasteiger partial charge in [0.25, 0.3) is 0 Å². The van der Waals surface area contributed by atoms with Gasteiger partial charge in [-0.15, -0.1) is 0 Å². The third-order valence-corrected chi connectivity index (χ3v) is 3.80. The topological polar surface area (TPSA) is 55.9 Å². The number of aromatic nitrogens is 2. The third-order valence-electron chi connectivity index (χ3n) is 3.80. The highest BCUT2D eigenvalue weighted by Crippen LogP contribution is 2.23. The second-order valence-electron chi connectivity index (χ2n) is 5.00. The van der Waals surface area contributed by atoms with E-state index in [0.29, 0.717) is 0 Å². The monoisotopic (exact) mass is 258 g/mol. The molecule has 1 unspecified atom stereocenters. The molecule has 0 aliphatic carbocycles. The summed E-state index contributed by atoms with van der Waals surface area (Å²) in [6.07, 6.45) is 5.65. The number of imidazole rings is 1. The van der Waals surface area contributed by atoms with Gasteiger partial charge >= 0.3 is 0 Å². The van der Waals surface area contributed by atoms with Crippen LogP contribution in [0.2, 0.25) is 0 Å². The summed E-state index contributed by atoms with van der Waals surface area (Å²) >= 11 is 0. The van der Waals surface area contributed by atoms with Crippen molar-refractivity contribution in [3.63, 3.8) is 0 Å². The van der Waals surface area contributed by atoms with E-state index in [1.807, 2.05) is 19.4 Å². The average molecular weight is 258 g/mol. The van der Waals surface area contributed by atoms with Crippen LogP contribution in [0.4, 0.5) is 0 Å². The third kappa shape index (κ3) is 3.03. The Balaban J connectivity index is 2.12. The van der Waals surface area contributed by atoms with Crippen molar-refractivity contribution in [1.82, 2.24) is 15.0 Å². The maximum absolute atomic E-state index is 5.72. The van der Waals surface area contributed by atoms with Crippen LogP contribution in [-0.2, 0) is 13.5 Å². The summed E-state index contributed by atoms with van der Waals surface area (Å²) < 4.78 is 2.05. The zero-order chi connectivity index (χ0) is 13.8. The maximum Gasteiger partial charge on any atom is 0.108 e. The lowest BCUT2D eigenvalue weighted by Gasteiger charge is -2.19. The largest absolute Gasteiger partial charge is 0.338 e. The minimum Gasteiger partial charge on any atom is -0.338 e. The molecule has 0 radical (unpaired) electrons. The van der Waals surface area contributed by atoms with Crippen molar-refractivity contribution >= 4 is 0 Å². The van der Waals surface area contributed by atoms with Crippen LogP contribution in [0.5, 0.6) is 0 Å². The minimum absolute atomic E-state index is 0.164. The summed E-state index contributed by atoms with van der Waals surface area (Å²) in [5.74, 6) is 6.81. The van der Waals surface area contributed by atoms with Crippen molar-refractivity contribution in [3.8, 4) is 0 Å². The van der Waals surface area contributed by atoms with E-state index in [1.165, 1.54) is 16.7 Å². The molecule has 0 saturated heterocycles. The van der Waals surface area contributed by atoms with Crippen LogP contribution in [0.15, 0.2) is 30.6 Å². The van der Waals surface area contributed by atoms with Crippen LogP contribution >= 0.6 is 0 Å². The minimum atomic E-state index is 0.164. The first-order valence-corrected chi connectivity index (χ1v) is 6.62. The van der Waals surface area contributed by atoms with Crippen LogP contribution in [0.1, 0.15) is 35.0 Å². The first kappa shape index (κ1) is 13.8. The van der Waals surface area contributed by atoms with Gasteiger partial charge in [0.2, 0.25) is 0 Å². The van der Waals surface area contributed by atoms with Gasteiger partial charge in [-0.3, -0.25) is 11.3 Å². The van der Waals surface area contributed by atoms with Crippen LogP contribution in [0.3, 0.4) is 0 Å². The summed E-state index contributed by atoms with van der Waals surface area (Å²) in [4.78, 5) is 4.35. The van der Waals surface area contributed by atoms with Crippen molar-refractivity contribution < 1.29 is 0 Å². The number of nitrogens with one attached hydrogen (secondary N) is 1. The van der Waals surface area contributed by atoms with E-state index in [0.717, 1.165) is 18.7 Å². The number of rotatable bonds is 5. The number of hydrogen-bond donors (Lipinski definition) is 2. The Morgan fingerprint density at radius 1 is 1.37 bits per heavy atom. The summed E-state index contributed by atoms with van der Waals surface area (Å²) in [7, 11) is 2.02. The zero-order valence-corrected chi connectivity index (χ0v) is 11.9. The van der Waals surface area contributed by atoms with Crippen molar-refractivity contribution in [3.05, 3.63) is 53.1 Å². The lowest BCUT2D eigenvalue weighted by Crippen LogP contribution is -2.29. The molecule has 2 aromatic rings. The Hall–Kier alpha value is -1.65. The summed E-state index contributed by atoms with van der Waals surface area (Å²) in [5.41, 5.74) is 6.82. The quantitative estimate of drug-likeness (QED) is 0.638. The number of hydrogen-bond acceptors (Lipinski definition) is 3. The van der Waals surface area contributed by atoms with E-state index in [9.17, 15) is 0 Å². The molecule has 4 heteroatoms. The van der Waals surface area contributed by atoms with E-state index >= 15 is 0 Å². The van der Waals surface area contributed by atoms with E-state index < -0.39 is 0 Å². The lowest BCUT2D eigenvalue weighted by molar-refractivity contribution is 0.504. The van der Waals surface area contributed by atoms with Gasteiger partial charge in [0.15, 0.2) is 0 Å². The zero-order valence-electron chi connectivity index (χ0n) is 11.9. The number of aryl methyl sites for hydroxylation is 3. The number of hydrazine groups is 1. The Kier molecular flexibility index (Phi) is 4.35. The molecule has 1 heterocycles. The molecule has 1 aromatic heterocycles. The van der Waals surface area contributed by atoms with Gasteiger partial charge in [-0.25, -0.2) is 4.98 Å². The summed E-state index contributed by atoms with van der Waals surface area (Å²) in [6, 6.07) is 6.52. The van der Waals surface area contributed by atoms with Gasteiger partial charge in [-0.2, -0.15) is 0 Å². The fourth-order valence-corrected chi connectivity index (χ4v) is 2.39. The fourth-order valence-electron chi connectivity index (χ4n) is 2.39. The van der Waals surface area contributed by atoms with E-state index in [-0.39, 0.29) is 6.04 Å². The Labute approximate surface area is 114 Å². The molecular weight excluding hydrogens is 236 g/mol. The number of nitrogens with two attached hydrogens (primary N) is 1. The van der Waals surface area contributed by atoms with Gasteiger partial charge in [0.05, 0.1) is 0 Å². The van der Waals surface area contributed by atoms with Crippen molar-refractivity contribution in [2.45, 2.75) is 32.7 Å². The highest BCUT2D eigenvalue weighted by Gasteiger charge is 2.14. The summed E-state index contributed by atoms with van der Waals surface area (Å²) in [5, 5.41) is 0. The first-order valence-electron chi connectivity index (χ1n) is 6.62. The van der Waals surface area contributed by atoms with Crippen LogP contribution in [0.25, 0.3) is 0 Å². The Morgan fingerprint density at radius 3 is 2.79 bits per heavy atom. The lowest BCUT2D eigenvalue weighted by atomic mass is 9.95. The summed E-state index contributed by atoms with van der Waals surface area (Å²) in [6.45, 7) is 4.28. The molecule has 2 rings (SSSR count). The molecule has 102 valence electrons. The van der Waals surface area contributed by atoms with Crippen molar-refractivity contribution in [1.29, 1.82) is 0 Å². The average Bonchev–Trinajstić information content (AvgIpc) is 2.80. The molecule has 3 N–H and O–H groups in total. The molecular formula is C15H22N4. The first-order chi connectivity index (χ1) is 9.13. The molecule has 0 saturated carbocycles. The van der Waals surface area contributed by atoms with Gasteiger partial charge in [0.1, 0.15) is 5.82 Å². The molecule has 4 nitrogen and oxygen atoms in total. The SMILES string of the molecule is Cc1cccc(C(CCc2nccn2C)NN)c1C. The highest BCUT2D eigenvalue weighted by molar-refractivity contribution is 5.35. The molecule has 0 bridgehead atoms. The van der Waals surface area contributed by atoms with Crippen LogP contribution in [0, 0.1) is 13.8 Å². The van der Waals surface area contributed by atoms with E-state index in [4.69, 9.17) is 5.84 Å². The Morgan fingerprint density at radius 2 is 2.16 bits per heavy atom. The molecule has 19 heavy (non-hydrogen) atoms. The number of nitrogens with zero attached hydrogens (tertiary/aromatic N) is 2. The van der Waals surface area contributed by atoms with Crippen LogP contribution in [-0.4, -0.2) is 9.55 Å². The second kappa shape index (κ2) is 5.99. The molecule has 0 fully saturated rings. The van der Waals surface area contributed by atoms with Crippen molar-refractivity contribution in [2.24, 2.45) is 12.9 Å². The Bertz CT molecular complexity index is 545. The predicted octanol–water partition coefficient (Wildman–Crippen LogP) is 2.17. The highest BCUT2D eigenvalue weighted by atomic mass is 15.2. The van der Waals surface area contributed by atoms with Gasteiger partial charge in [0, 0.05) is 31.9 Å². The van der Waals surface area contributed by atoms with Crippen molar-refractivity contribution in [2.75, 3.05) is 0 Å². The second-order valence-corrected chi connectivity index (χ2v) is 5.00. The van der Waals surface area contributed by atoms with Gasteiger partial charge in [-0.05, 0) is 37.0 Å². The molecule has 0 aliphatic heterocycles. The predicted molar refractivity (Wildman–Crippen MR) is 77.5 cm³/mol. The van der Waals surface area contributed by atoms with E-state index in [2.05, 4.69) is 47.0 Å². The molecule has 1 aromatic carbocycles. The standard InChI is InChI=1S/C15H22N4/c1-11-5-4-6-13(12(11)2)14(18-16)7-8-15-17-9-10-19(15)3/h4-6,9-10,14,18H,7-8,16H2,1-3H3. The fraction of sp³-hybridized carbons (Fsp3) is 0.400. The molecule has 1 atom stereocenters. The molecule has 0 aliphatic rings. The maximum atomic E-state index is 5.72. The molecule has 0 amide bonds. The smallest absolute Gasteiger partial charge is 0.108 e. The number of benzene rings is 1. The van der Waals surface area contributed by atoms with Crippen LogP contribution < -0.4 is 11.3 Å².